The van der Waals surface area contributed by atoms with Crippen LogP contribution in [0.1, 0.15) is 5.56 Å². The van der Waals surface area contributed by atoms with E-state index in [-0.39, 0.29) is 11.5 Å². The van der Waals surface area contributed by atoms with Gasteiger partial charge in [-0.3, -0.25) is 20.1 Å². The smallest absolute Gasteiger partial charge is 0.258 e. The molecule has 3 aromatic rings. The zero-order valence-electron chi connectivity index (χ0n) is 12.2. The molecule has 1 aromatic heterocycles. The highest BCUT2D eigenvalue weighted by molar-refractivity contribution is 5.78. The van der Waals surface area contributed by atoms with Crippen LogP contribution in [0.25, 0.3) is 22.5 Å². The number of nitrogens with zero attached hydrogens (tertiary/aromatic N) is 3. The molecule has 0 saturated carbocycles. The second kappa shape index (κ2) is 5.92. The number of hydrogen-bond acceptors (Lipinski definition) is 4. The zero-order chi connectivity index (χ0) is 16.4. The van der Waals surface area contributed by atoms with Gasteiger partial charge in [0, 0.05) is 35.7 Å². The molecule has 0 aliphatic carbocycles. The number of nitro groups is 1. The van der Waals surface area contributed by atoms with E-state index in [9.17, 15) is 14.5 Å². The first-order chi connectivity index (χ1) is 11.1. The summed E-state index contributed by atoms with van der Waals surface area (Å²) in [5.74, 6) is -0.381. The van der Waals surface area contributed by atoms with Crippen molar-refractivity contribution in [1.82, 2.24) is 9.97 Å². The van der Waals surface area contributed by atoms with E-state index in [4.69, 9.17) is 0 Å². The fourth-order valence-corrected chi connectivity index (χ4v) is 2.30. The molecule has 3 rings (SSSR count). The van der Waals surface area contributed by atoms with Gasteiger partial charge in [0.05, 0.1) is 16.3 Å². The molecular formula is C17H12FN3O2. The highest BCUT2D eigenvalue weighted by atomic mass is 19.1. The third-order valence-electron chi connectivity index (χ3n) is 3.43. The number of nitro benzene ring substituents is 1. The number of benzene rings is 2. The predicted octanol–water partition coefficient (Wildman–Crippen LogP) is 4.17. The summed E-state index contributed by atoms with van der Waals surface area (Å²) in [6.45, 7) is 1.81. The van der Waals surface area contributed by atoms with Crippen molar-refractivity contribution in [3.8, 4) is 22.5 Å². The van der Waals surface area contributed by atoms with Crippen molar-refractivity contribution < 1.29 is 9.31 Å². The van der Waals surface area contributed by atoms with Crippen LogP contribution >= 0.6 is 0 Å². The average Bonchev–Trinajstić information content (AvgIpc) is 2.55. The van der Waals surface area contributed by atoms with Crippen LogP contribution in [0.3, 0.4) is 0 Å². The summed E-state index contributed by atoms with van der Waals surface area (Å²) >= 11 is 0. The summed E-state index contributed by atoms with van der Waals surface area (Å²) < 4.78 is 14.2. The molecule has 0 spiro atoms. The van der Waals surface area contributed by atoms with E-state index >= 15 is 0 Å². The fraction of sp³-hybridized carbons (Fsp3) is 0.0588. The van der Waals surface area contributed by atoms with Crippen LogP contribution in [0.2, 0.25) is 0 Å². The van der Waals surface area contributed by atoms with E-state index in [1.165, 1.54) is 30.6 Å². The Morgan fingerprint density at radius 3 is 2.26 bits per heavy atom. The normalized spacial score (nSPS) is 10.5. The van der Waals surface area contributed by atoms with Gasteiger partial charge < -0.3 is 0 Å². The van der Waals surface area contributed by atoms with Gasteiger partial charge >= 0.3 is 0 Å². The largest absolute Gasteiger partial charge is 0.269 e. The molecule has 0 saturated heterocycles. The molecule has 0 N–H and O–H groups in total. The third kappa shape index (κ3) is 2.91. The van der Waals surface area contributed by atoms with Gasteiger partial charge in [-0.2, -0.15) is 0 Å². The number of rotatable bonds is 3. The summed E-state index contributed by atoms with van der Waals surface area (Å²) in [6.07, 6.45) is 3.00. The Hall–Kier alpha value is -3.15. The van der Waals surface area contributed by atoms with E-state index in [0.717, 1.165) is 5.56 Å². The quantitative estimate of drug-likeness (QED) is 0.538. The van der Waals surface area contributed by atoms with E-state index in [1.54, 1.807) is 31.2 Å². The Kier molecular flexibility index (Phi) is 3.80. The predicted molar refractivity (Wildman–Crippen MR) is 84.3 cm³/mol. The maximum atomic E-state index is 14.2. The SMILES string of the molecule is Cc1ccc(-c2nccnc2-c2ccc([N+](=O)[O-])cc2)c(F)c1. The third-order valence-corrected chi connectivity index (χ3v) is 3.43. The van der Waals surface area contributed by atoms with Crippen LogP contribution in [0, 0.1) is 22.9 Å². The molecule has 2 aromatic carbocycles. The topological polar surface area (TPSA) is 68.9 Å². The molecule has 0 fully saturated rings. The Balaban J connectivity index is 2.12. The maximum absolute atomic E-state index is 14.2. The molecule has 23 heavy (non-hydrogen) atoms. The van der Waals surface area contributed by atoms with E-state index in [0.29, 0.717) is 22.5 Å². The summed E-state index contributed by atoms with van der Waals surface area (Å²) in [6, 6.07) is 10.8. The number of hydrogen-bond donors (Lipinski definition) is 0. The van der Waals surface area contributed by atoms with Gasteiger partial charge in [-0.1, -0.05) is 6.07 Å². The highest BCUT2D eigenvalue weighted by Gasteiger charge is 2.15. The zero-order valence-corrected chi connectivity index (χ0v) is 12.2. The lowest BCUT2D eigenvalue weighted by molar-refractivity contribution is -0.384. The van der Waals surface area contributed by atoms with Crippen LogP contribution < -0.4 is 0 Å². The molecule has 0 aliphatic rings. The molecule has 6 heteroatoms. The van der Waals surface area contributed by atoms with Crippen LogP contribution in [0.4, 0.5) is 10.1 Å². The molecule has 0 aliphatic heterocycles. The first-order valence-corrected chi connectivity index (χ1v) is 6.88. The Labute approximate surface area is 131 Å². The van der Waals surface area contributed by atoms with Crippen molar-refractivity contribution in [2.45, 2.75) is 6.92 Å². The van der Waals surface area contributed by atoms with Gasteiger partial charge in [0.25, 0.3) is 5.69 Å². The van der Waals surface area contributed by atoms with E-state index in [2.05, 4.69) is 9.97 Å². The second-order valence-electron chi connectivity index (χ2n) is 5.04. The van der Waals surface area contributed by atoms with Crippen LogP contribution in [-0.4, -0.2) is 14.9 Å². The molecule has 0 amide bonds. The van der Waals surface area contributed by atoms with Gasteiger partial charge in [0.15, 0.2) is 0 Å². The van der Waals surface area contributed by atoms with Crippen LogP contribution in [0.5, 0.6) is 0 Å². The van der Waals surface area contributed by atoms with E-state index in [1.807, 2.05) is 0 Å². The minimum atomic E-state index is -0.471. The van der Waals surface area contributed by atoms with Crippen molar-refractivity contribution in [1.29, 1.82) is 0 Å². The molecule has 5 nitrogen and oxygen atoms in total. The number of aromatic nitrogens is 2. The van der Waals surface area contributed by atoms with Crippen molar-refractivity contribution in [2.75, 3.05) is 0 Å². The lowest BCUT2D eigenvalue weighted by Gasteiger charge is -2.09. The molecule has 114 valence electrons. The number of non-ortho nitro benzene ring substituents is 1. The molecule has 0 unspecified atom stereocenters. The molecular weight excluding hydrogens is 297 g/mol. The van der Waals surface area contributed by atoms with Gasteiger partial charge in [0.1, 0.15) is 5.82 Å². The summed E-state index contributed by atoms with van der Waals surface area (Å²) in [7, 11) is 0. The summed E-state index contributed by atoms with van der Waals surface area (Å²) in [5.41, 5.74) is 2.66. The maximum Gasteiger partial charge on any atom is 0.269 e. The molecule has 1 heterocycles. The van der Waals surface area contributed by atoms with Crippen LogP contribution in [-0.2, 0) is 0 Å². The van der Waals surface area contributed by atoms with Crippen molar-refractivity contribution in [3.05, 3.63) is 76.4 Å². The van der Waals surface area contributed by atoms with Crippen molar-refractivity contribution in [3.63, 3.8) is 0 Å². The highest BCUT2D eigenvalue weighted by Crippen LogP contribution is 2.31. The monoisotopic (exact) mass is 309 g/mol. The average molecular weight is 309 g/mol. The van der Waals surface area contributed by atoms with E-state index < -0.39 is 4.92 Å². The first kappa shape index (κ1) is 14.8. The summed E-state index contributed by atoms with van der Waals surface area (Å²) in [4.78, 5) is 18.8. The second-order valence-corrected chi connectivity index (χ2v) is 5.04. The van der Waals surface area contributed by atoms with Gasteiger partial charge in [0.2, 0.25) is 0 Å². The number of aryl methyl sites for hydroxylation is 1. The minimum absolute atomic E-state index is 0.0132. The first-order valence-electron chi connectivity index (χ1n) is 6.88. The van der Waals surface area contributed by atoms with Crippen molar-refractivity contribution >= 4 is 5.69 Å². The van der Waals surface area contributed by atoms with Crippen LogP contribution in [0.15, 0.2) is 54.9 Å². The lowest BCUT2D eigenvalue weighted by atomic mass is 10.0. The number of halogens is 1. The summed E-state index contributed by atoms with van der Waals surface area (Å²) in [5, 5.41) is 10.7. The Morgan fingerprint density at radius 2 is 1.65 bits per heavy atom. The molecule has 0 radical (unpaired) electrons. The van der Waals surface area contributed by atoms with Gasteiger partial charge in [-0.05, 0) is 36.8 Å². The van der Waals surface area contributed by atoms with Crippen molar-refractivity contribution in [2.24, 2.45) is 0 Å². The molecule has 0 atom stereocenters. The Morgan fingerprint density at radius 1 is 1.00 bits per heavy atom. The van der Waals surface area contributed by atoms with Gasteiger partial charge in [-0.25, -0.2) is 4.39 Å². The minimum Gasteiger partial charge on any atom is -0.258 e. The standard InChI is InChI=1S/C17H12FN3O2/c1-11-2-7-14(15(18)10-11)17-16(19-8-9-20-17)12-3-5-13(6-4-12)21(22)23/h2-10H,1H3. The van der Waals surface area contributed by atoms with Gasteiger partial charge in [-0.15, -0.1) is 0 Å². The fourth-order valence-electron chi connectivity index (χ4n) is 2.30. The Bertz CT molecular complexity index is 879. The lowest BCUT2D eigenvalue weighted by Crippen LogP contribution is -1.95. The molecule has 0 bridgehead atoms.